The Labute approximate surface area is 150 Å². The van der Waals surface area contributed by atoms with Gasteiger partial charge >= 0.3 is 5.97 Å². The van der Waals surface area contributed by atoms with Crippen LogP contribution in [-0.4, -0.2) is 20.1 Å². The van der Waals surface area contributed by atoms with Gasteiger partial charge in [0.05, 0.1) is 24.0 Å². The smallest absolute Gasteiger partial charge is 0.337 e. The first-order valence-electron chi connectivity index (χ1n) is 7.77. The summed E-state index contributed by atoms with van der Waals surface area (Å²) in [6.45, 7) is 0. The fraction of sp³-hybridized carbons (Fsp3) is 0.105. The molecular weight excluding hydrogens is 334 g/mol. The second-order valence-electron chi connectivity index (χ2n) is 5.35. The summed E-state index contributed by atoms with van der Waals surface area (Å²) in [4.78, 5) is 12.8. The molecular formula is C19H19N3O2S. The Morgan fingerprint density at radius 2 is 1.52 bits per heavy atom. The van der Waals surface area contributed by atoms with Crippen molar-refractivity contribution in [3.8, 4) is 0 Å². The van der Waals surface area contributed by atoms with E-state index in [1.54, 1.807) is 18.0 Å². The summed E-state index contributed by atoms with van der Waals surface area (Å²) in [7, 11) is 3.28. The highest BCUT2D eigenvalue weighted by Gasteiger charge is 2.06. The number of ether oxygens (including phenoxy) is 1. The van der Waals surface area contributed by atoms with Crippen LogP contribution in [0.5, 0.6) is 0 Å². The molecule has 0 amide bonds. The zero-order chi connectivity index (χ0) is 17.6. The lowest BCUT2D eigenvalue weighted by Gasteiger charge is -2.11. The van der Waals surface area contributed by atoms with Crippen LogP contribution in [-0.2, 0) is 4.74 Å². The van der Waals surface area contributed by atoms with Crippen molar-refractivity contribution < 1.29 is 9.53 Å². The summed E-state index contributed by atoms with van der Waals surface area (Å²) in [5.41, 5.74) is 8.83. The molecule has 6 heteroatoms. The van der Waals surface area contributed by atoms with E-state index in [1.807, 2.05) is 61.6 Å². The summed E-state index contributed by atoms with van der Waals surface area (Å²) in [5.74, 6) is -0.328. The maximum absolute atomic E-state index is 11.6. The highest BCUT2D eigenvalue weighted by atomic mass is 32.2. The van der Waals surface area contributed by atoms with Gasteiger partial charge < -0.3 is 15.6 Å². The van der Waals surface area contributed by atoms with Gasteiger partial charge in [0, 0.05) is 4.90 Å². The van der Waals surface area contributed by atoms with Crippen molar-refractivity contribution in [2.45, 2.75) is 4.90 Å². The van der Waals surface area contributed by atoms with E-state index in [1.165, 1.54) is 7.11 Å². The van der Waals surface area contributed by atoms with Crippen LogP contribution in [0, 0.1) is 0 Å². The van der Waals surface area contributed by atoms with Gasteiger partial charge in [-0.05, 0) is 78.3 Å². The van der Waals surface area contributed by atoms with E-state index >= 15 is 0 Å². The predicted octanol–water partition coefficient (Wildman–Crippen LogP) is 4.29. The molecule has 3 N–H and O–H groups in total. The third-order valence-corrected chi connectivity index (χ3v) is 4.40. The highest BCUT2D eigenvalue weighted by molar-refractivity contribution is 7.97. The maximum atomic E-state index is 11.6. The highest BCUT2D eigenvalue weighted by Crippen LogP contribution is 2.22. The first-order chi connectivity index (χ1) is 12.2. The standard InChI is InChI=1S/C19H19N3O2S/c1-20-25-18-9-7-16(8-10-18)21-22-17-6-5-13-11-15(19(23)24-2)4-3-14(13)12-17/h3-12,20-22H,1-2H3. The monoisotopic (exact) mass is 353 g/mol. The Kier molecular flexibility index (Phi) is 5.42. The second-order valence-corrected chi connectivity index (χ2v) is 6.43. The van der Waals surface area contributed by atoms with Crippen LogP contribution in [0.1, 0.15) is 10.4 Å². The number of hydrogen-bond donors (Lipinski definition) is 3. The fourth-order valence-corrected chi connectivity index (χ4v) is 2.94. The molecule has 3 rings (SSSR count). The normalized spacial score (nSPS) is 10.5. The third-order valence-electron chi connectivity index (χ3n) is 3.69. The van der Waals surface area contributed by atoms with Gasteiger partial charge in [0.2, 0.25) is 0 Å². The maximum Gasteiger partial charge on any atom is 0.337 e. The quantitative estimate of drug-likeness (QED) is 0.349. The van der Waals surface area contributed by atoms with E-state index in [0.717, 1.165) is 27.0 Å². The molecule has 0 unspecified atom stereocenters. The first kappa shape index (κ1) is 17.1. The fourth-order valence-electron chi connectivity index (χ4n) is 2.44. The van der Waals surface area contributed by atoms with Crippen LogP contribution in [0.3, 0.4) is 0 Å². The van der Waals surface area contributed by atoms with E-state index in [9.17, 15) is 4.79 Å². The number of rotatable bonds is 6. The number of fused-ring (bicyclic) bond motifs is 1. The van der Waals surface area contributed by atoms with E-state index in [0.29, 0.717) is 5.56 Å². The minimum absolute atomic E-state index is 0.328. The molecule has 0 aliphatic rings. The first-order valence-corrected chi connectivity index (χ1v) is 8.59. The van der Waals surface area contributed by atoms with E-state index in [4.69, 9.17) is 4.74 Å². The van der Waals surface area contributed by atoms with E-state index in [2.05, 4.69) is 15.6 Å². The minimum atomic E-state index is -0.328. The third kappa shape index (κ3) is 4.23. The number of methoxy groups -OCH3 is 1. The van der Waals surface area contributed by atoms with Gasteiger partial charge in [-0.1, -0.05) is 12.1 Å². The van der Waals surface area contributed by atoms with Crippen molar-refractivity contribution in [2.75, 3.05) is 25.0 Å². The number of nitrogens with one attached hydrogen (secondary N) is 3. The van der Waals surface area contributed by atoms with Gasteiger partial charge in [-0.3, -0.25) is 4.72 Å². The molecule has 0 radical (unpaired) electrons. The second kappa shape index (κ2) is 7.92. The molecule has 0 spiro atoms. The van der Waals surface area contributed by atoms with Crippen molar-refractivity contribution in [1.82, 2.24) is 4.72 Å². The molecule has 25 heavy (non-hydrogen) atoms. The molecule has 5 nitrogen and oxygen atoms in total. The molecule has 128 valence electrons. The van der Waals surface area contributed by atoms with Gasteiger partial charge in [0.25, 0.3) is 0 Å². The Morgan fingerprint density at radius 3 is 2.24 bits per heavy atom. The predicted molar refractivity (Wildman–Crippen MR) is 104 cm³/mol. The van der Waals surface area contributed by atoms with E-state index < -0.39 is 0 Å². The lowest BCUT2D eigenvalue weighted by Crippen LogP contribution is -2.08. The van der Waals surface area contributed by atoms with Crippen molar-refractivity contribution in [1.29, 1.82) is 0 Å². The van der Waals surface area contributed by atoms with Crippen LogP contribution < -0.4 is 15.6 Å². The number of hydrazine groups is 1. The lowest BCUT2D eigenvalue weighted by atomic mass is 10.1. The van der Waals surface area contributed by atoms with Gasteiger partial charge in [-0.2, -0.15) is 0 Å². The average Bonchev–Trinajstić information content (AvgIpc) is 2.66. The molecule has 0 aliphatic heterocycles. The Bertz CT molecular complexity index is 881. The number of esters is 1. The van der Waals surface area contributed by atoms with Crippen molar-refractivity contribution in [3.63, 3.8) is 0 Å². The molecule has 0 atom stereocenters. The van der Waals surface area contributed by atoms with E-state index in [-0.39, 0.29) is 5.97 Å². The van der Waals surface area contributed by atoms with Gasteiger partial charge in [0.1, 0.15) is 0 Å². The molecule has 3 aromatic rings. The minimum Gasteiger partial charge on any atom is -0.465 e. The van der Waals surface area contributed by atoms with Crippen molar-refractivity contribution in [3.05, 3.63) is 66.2 Å². The summed E-state index contributed by atoms with van der Waals surface area (Å²) >= 11 is 1.57. The SMILES string of the molecule is CNSc1ccc(NNc2ccc3cc(C(=O)OC)ccc3c2)cc1. The number of anilines is 2. The zero-order valence-corrected chi connectivity index (χ0v) is 14.8. The van der Waals surface area contributed by atoms with Crippen molar-refractivity contribution in [2.24, 2.45) is 0 Å². The number of carbonyl (C=O) groups excluding carboxylic acids is 1. The topological polar surface area (TPSA) is 62.4 Å². The molecule has 0 fully saturated rings. The van der Waals surface area contributed by atoms with Crippen LogP contribution >= 0.6 is 11.9 Å². The molecule has 0 saturated heterocycles. The lowest BCUT2D eigenvalue weighted by molar-refractivity contribution is 0.0601. The van der Waals surface area contributed by atoms with Gasteiger partial charge in [-0.15, -0.1) is 0 Å². The number of benzene rings is 3. The van der Waals surface area contributed by atoms with Gasteiger partial charge in [-0.25, -0.2) is 4.79 Å². The van der Waals surface area contributed by atoms with Crippen molar-refractivity contribution >= 4 is 40.1 Å². The Morgan fingerprint density at radius 1 is 0.880 bits per heavy atom. The number of carbonyl (C=O) groups is 1. The number of hydrogen-bond acceptors (Lipinski definition) is 6. The summed E-state index contributed by atoms with van der Waals surface area (Å²) in [5, 5.41) is 2.03. The summed E-state index contributed by atoms with van der Waals surface area (Å²) in [6, 6.07) is 19.6. The molecule has 3 aromatic carbocycles. The van der Waals surface area contributed by atoms with Gasteiger partial charge in [0.15, 0.2) is 0 Å². The summed E-state index contributed by atoms with van der Waals surface area (Å²) in [6.07, 6.45) is 0. The molecule has 0 bridgehead atoms. The zero-order valence-electron chi connectivity index (χ0n) is 14.0. The average molecular weight is 353 g/mol. The van der Waals surface area contributed by atoms with Crippen LogP contribution in [0.2, 0.25) is 0 Å². The molecule has 0 heterocycles. The Hall–Kier alpha value is -2.70. The molecule has 0 aromatic heterocycles. The van der Waals surface area contributed by atoms with Crippen LogP contribution in [0.4, 0.5) is 11.4 Å². The molecule has 0 aliphatic carbocycles. The largest absolute Gasteiger partial charge is 0.465 e. The molecule has 0 saturated carbocycles. The van der Waals surface area contributed by atoms with Crippen LogP contribution in [0.25, 0.3) is 10.8 Å². The summed E-state index contributed by atoms with van der Waals surface area (Å²) < 4.78 is 7.80. The van der Waals surface area contributed by atoms with Crippen LogP contribution in [0.15, 0.2) is 65.6 Å². The Balaban J connectivity index is 1.70.